The van der Waals surface area contributed by atoms with Crippen LogP contribution in [0, 0.1) is 0 Å². The van der Waals surface area contributed by atoms with Gasteiger partial charge in [-0.15, -0.1) is 0 Å². The minimum Gasteiger partial charge on any atom is -0.303 e. The molecule has 0 saturated heterocycles. The van der Waals surface area contributed by atoms with E-state index in [1.54, 1.807) is 17.0 Å². The van der Waals surface area contributed by atoms with Crippen LogP contribution in [0.1, 0.15) is 18.5 Å². The minimum absolute atomic E-state index is 0.208. The number of nitrogens with one attached hydrogen (secondary N) is 1. The van der Waals surface area contributed by atoms with Gasteiger partial charge < -0.3 is 4.98 Å². The van der Waals surface area contributed by atoms with Crippen molar-refractivity contribution < 1.29 is 0 Å². The molecule has 0 unspecified atom stereocenters. The molecule has 0 radical (unpaired) electrons. The molecule has 0 aliphatic carbocycles. The maximum Gasteiger partial charge on any atom is 0.328 e. The summed E-state index contributed by atoms with van der Waals surface area (Å²) in [6.45, 7) is 2.02. The predicted octanol–water partition coefficient (Wildman–Crippen LogP) is 4.20. The number of hydrogen-bond donors (Lipinski definition) is 1. The Hall–Kier alpha value is -4.26. The van der Waals surface area contributed by atoms with Crippen molar-refractivity contribution in [3.8, 4) is 11.5 Å². The van der Waals surface area contributed by atoms with Gasteiger partial charge in [0, 0.05) is 6.20 Å². The van der Waals surface area contributed by atoms with E-state index < -0.39 is 0 Å². The number of aromatic amines is 1. The van der Waals surface area contributed by atoms with E-state index in [0.717, 1.165) is 27.7 Å². The molecule has 31 heavy (non-hydrogen) atoms. The lowest BCUT2D eigenvalue weighted by atomic mass is 9.99. The number of H-pyrrole nitrogens is 1. The average molecular weight is 406 g/mol. The summed E-state index contributed by atoms with van der Waals surface area (Å²) >= 11 is 0. The van der Waals surface area contributed by atoms with Crippen LogP contribution in [-0.2, 0) is 0 Å². The number of fused-ring (bicyclic) bond motifs is 3. The highest BCUT2D eigenvalue weighted by Gasteiger charge is 2.19. The minimum atomic E-state index is -0.211. The Kier molecular flexibility index (Phi) is 3.76. The molecule has 4 heterocycles. The first-order valence-electron chi connectivity index (χ1n) is 10.1. The number of hydrogen-bond acceptors (Lipinski definition) is 4. The maximum absolute atomic E-state index is 12.9. The quantitative estimate of drug-likeness (QED) is 0.478. The van der Waals surface area contributed by atoms with Gasteiger partial charge in [0.1, 0.15) is 16.9 Å². The van der Waals surface area contributed by atoms with Crippen LogP contribution in [0.2, 0.25) is 0 Å². The summed E-state index contributed by atoms with van der Waals surface area (Å²) in [5.41, 5.74) is 3.62. The number of imidazole rings is 2. The average Bonchev–Trinajstić information content (AvgIpc) is 3.38. The molecule has 0 bridgehead atoms. The monoisotopic (exact) mass is 406 g/mol. The molecular weight excluding hydrogens is 388 g/mol. The van der Waals surface area contributed by atoms with Crippen molar-refractivity contribution >= 4 is 27.6 Å². The molecule has 2 aromatic carbocycles. The summed E-state index contributed by atoms with van der Waals surface area (Å²) in [7, 11) is 0. The molecule has 7 heteroatoms. The van der Waals surface area contributed by atoms with Crippen LogP contribution in [0.5, 0.6) is 0 Å². The van der Waals surface area contributed by atoms with Gasteiger partial charge in [-0.3, -0.25) is 8.97 Å². The Labute approximate surface area is 176 Å². The summed E-state index contributed by atoms with van der Waals surface area (Å²) in [5.74, 6) is 0.518. The molecule has 6 rings (SSSR count). The van der Waals surface area contributed by atoms with E-state index in [-0.39, 0.29) is 11.7 Å². The van der Waals surface area contributed by atoms with Gasteiger partial charge in [-0.25, -0.2) is 19.7 Å². The molecule has 0 aliphatic heterocycles. The van der Waals surface area contributed by atoms with Crippen molar-refractivity contribution in [2.75, 3.05) is 0 Å². The molecule has 1 N–H and O–H groups in total. The van der Waals surface area contributed by atoms with Crippen LogP contribution in [0.3, 0.4) is 0 Å². The Morgan fingerprint density at radius 2 is 1.77 bits per heavy atom. The molecule has 0 fully saturated rings. The molecule has 150 valence electrons. The second kappa shape index (κ2) is 6.63. The molecule has 0 aliphatic rings. The third-order valence-electron chi connectivity index (χ3n) is 5.76. The number of pyridine rings is 1. The molecule has 4 aromatic heterocycles. The van der Waals surface area contributed by atoms with Gasteiger partial charge in [0.15, 0.2) is 11.5 Å². The third kappa shape index (κ3) is 2.67. The maximum atomic E-state index is 12.9. The van der Waals surface area contributed by atoms with Crippen molar-refractivity contribution in [3.63, 3.8) is 0 Å². The van der Waals surface area contributed by atoms with Crippen molar-refractivity contribution in [1.82, 2.24) is 28.9 Å². The van der Waals surface area contributed by atoms with Crippen LogP contribution >= 0.6 is 0 Å². The lowest BCUT2D eigenvalue weighted by Crippen LogP contribution is -2.21. The number of rotatable bonds is 3. The molecule has 0 saturated carbocycles. The van der Waals surface area contributed by atoms with E-state index >= 15 is 0 Å². The largest absolute Gasteiger partial charge is 0.328 e. The summed E-state index contributed by atoms with van der Waals surface area (Å²) in [4.78, 5) is 29.5. The molecule has 0 amide bonds. The van der Waals surface area contributed by atoms with Gasteiger partial charge in [0.05, 0.1) is 18.4 Å². The highest BCUT2D eigenvalue weighted by Crippen LogP contribution is 2.28. The Balaban J connectivity index is 1.56. The van der Waals surface area contributed by atoms with Crippen molar-refractivity contribution in [2.45, 2.75) is 13.0 Å². The highest BCUT2D eigenvalue weighted by atomic mass is 16.1. The SMILES string of the molecule is C[C@H](c1cccc2ccccc12)n1c(=O)[nH]c2cnc(-c3cnc4ccccn34)nc21. The summed E-state index contributed by atoms with van der Waals surface area (Å²) < 4.78 is 3.63. The van der Waals surface area contributed by atoms with Crippen molar-refractivity contribution in [2.24, 2.45) is 0 Å². The number of benzene rings is 2. The summed E-state index contributed by atoms with van der Waals surface area (Å²) in [6.07, 6.45) is 5.33. The second-order valence-corrected chi connectivity index (χ2v) is 7.55. The van der Waals surface area contributed by atoms with Gasteiger partial charge >= 0.3 is 5.69 Å². The van der Waals surface area contributed by atoms with Crippen LogP contribution in [0.4, 0.5) is 0 Å². The molecule has 7 nitrogen and oxygen atoms in total. The van der Waals surface area contributed by atoms with Gasteiger partial charge in [-0.2, -0.15) is 0 Å². The highest BCUT2D eigenvalue weighted by molar-refractivity contribution is 5.86. The standard InChI is InChI=1S/C24H18N6O/c1-15(17-10-6-8-16-7-2-3-9-18(16)17)30-23-19(27-24(30)31)13-26-22(28-23)20-14-25-21-11-4-5-12-29(20)21/h2-15H,1H3,(H,27,31)/t15-/m1/s1. The summed E-state index contributed by atoms with van der Waals surface area (Å²) in [5, 5.41) is 2.26. The topological polar surface area (TPSA) is 80.9 Å². The zero-order chi connectivity index (χ0) is 20.9. The van der Waals surface area contributed by atoms with E-state index in [4.69, 9.17) is 4.98 Å². The predicted molar refractivity (Wildman–Crippen MR) is 120 cm³/mol. The van der Waals surface area contributed by atoms with Crippen LogP contribution in [0.25, 0.3) is 39.1 Å². The smallest absolute Gasteiger partial charge is 0.303 e. The van der Waals surface area contributed by atoms with E-state index in [0.29, 0.717) is 17.0 Å². The zero-order valence-corrected chi connectivity index (χ0v) is 16.7. The summed E-state index contributed by atoms with van der Waals surface area (Å²) in [6, 6.07) is 19.9. The Morgan fingerprint density at radius 1 is 0.935 bits per heavy atom. The van der Waals surface area contributed by atoms with Gasteiger partial charge in [0.2, 0.25) is 0 Å². The molecular formula is C24H18N6O. The van der Waals surface area contributed by atoms with E-state index in [9.17, 15) is 4.79 Å². The van der Waals surface area contributed by atoms with Crippen molar-refractivity contribution in [1.29, 1.82) is 0 Å². The van der Waals surface area contributed by atoms with E-state index in [1.807, 2.05) is 53.9 Å². The first-order valence-corrected chi connectivity index (χ1v) is 10.1. The normalized spacial score (nSPS) is 12.7. The lowest BCUT2D eigenvalue weighted by molar-refractivity contribution is 0.635. The fourth-order valence-corrected chi connectivity index (χ4v) is 4.25. The van der Waals surface area contributed by atoms with Gasteiger partial charge in [0.25, 0.3) is 0 Å². The fraction of sp³-hybridized carbons (Fsp3) is 0.0833. The molecule has 6 aromatic rings. The van der Waals surface area contributed by atoms with Gasteiger partial charge in [-0.05, 0) is 35.4 Å². The zero-order valence-electron chi connectivity index (χ0n) is 16.7. The van der Waals surface area contributed by atoms with Gasteiger partial charge in [-0.1, -0.05) is 48.5 Å². The van der Waals surface area contributed by atoms with Crippen molar-refractivity contribution in [3.05, 3.63) is 95.3 Å². The first-order chi connectivity index (χ1) is 15.2. The second-order valence-electron chi connectivity index (χ2n) is 7.55. The van der Waals surface area contributed by atoms with E-state index in [2.05, 4.69) is 39.2 Å². The Morgan fingerprint density at radius 3 is 2.71 bits per heavy atom. The molecule has 0 spiro atoms. The number of aromatic nitrogens is 6. The third-order valence-corrected chi connectivity index (χ3v) is 5.76. The lowest BCUT2D eigenvalue weighted by Gasteiger charge is -2.16. The first kappa shape index (κ1) is 17.6. The van der Waals surface area contributed by atoms with E-state index in [1.165, 1.54) is 0 Å². The Bertz CT molecular complexity index is 1640. The van der Waals surface area contributed by atoms with Crippen LogP contribution in [-0.4, -0.2) is 28.9 Å². The molecule has 1 atom stereocenters. The van der Waals surface area contributed by atoms with Crippen LogP contribution < -0.4 is 5.69 Å². The fourth-order valence-electron chi connectivity index (χ4n) is 4.25. The van der Waals surface area contributed by atoms with Crippen LogP contribution in [0.15, 0.2) is 84.0 Å². The number of nitrogens with zero attached hydrogens (tertiary/aromatic N) is 5.